The smallest absolute Gasteiger partial charge is 0.254 e. The Morgan fingerprint density at radius 2 is 1.84 bits per heavy atom. The second kappa shape index (κ2) is 5.61. The Morgan fingerprint density at radius 1 is 1.26 bits per heavy atom. The van der Waals surface area contributed by atoms with Crippen molar-refractivity contribution in [2.24, 2.45) is 5.73 Å². The van der Waals surface area contributed by atoms with Gasteiger partial charge in [0.1, 0.15) is 0 Å². The van der Waals surface area contributed by atoms with Crippen molar-refractivity contribution in [3.8, 4) is 0 Å². The minimum Gasteiger partial charge on any atom is -0.336 e. The number of carbonyl (C=O) groups excluding carboxylic acids is 1. The van der Waals surface area contributed by atoms with Crippen LogP contribution < -0.4 is 5.73 Å². The molecule has 0 bridgehead atoms. The number of carbonyl (C=O) groups is 1. The van der Waals surface area contributed by atoms with Crippen molar-refractivity contribution in [3.05, 3.63) is 35.1 Å². The molecule has 0 unspecified atom stereocenters. The highest BCUT2D eigenvalue weighted by Gasteiger charge is 2.33. The summed E-state index contributed by atoms with van der Waals surface area (Å²) in [5.41, 5.74) is 5.23. The SMILES string of the molecule is NCCCN(C(=O)c1cc(F)c(F)c(F)c1)C1CC1. The summed E-state index contributed by atoms with van der Waals surface area (Å²) in [5.74, 6) is -4.74. The minimum absolute atomic E-state index is 0.107. The molecule has 1 aliphatic rings. The van der Waals surface area contributed by atoms with E-state index in [-0.39, 0.29) is 11.6 Å². The molecule has 19 heavy (non-hydrogen) atoms. The van der Waals surface area contributed by atoms with Crippen molar-refractivity contribution < 1.29 is 18.0 Å². The Morgan fingerprint density at radius 3 is 2.32 bits per heavy atom. The number of benzene rings is 1. The van der Waals surface area contributed by atoms with Crippen LogP contribution in [0.25, 0.3) is 0 Å². The number of nitrogens with zero attached hydrogens (tertiary/aromatic N) is 1. The molecule has 0 saturated heterocycles. The van der Waals surface area contributed by atoms with E-state index in [1.165, 1.54) is 0 Å². The number of hydrogen-bond acceptors (Lipinski definition) is 2. The summed E-state index contributed by atoms with van der Waals surface area (Å²) < 4.78 is 39.1. The topological polar surface area (TPSA) is 46.3 Å². The maximum absolute atomic E-state index is 13.1. The second-order valence-corrected chi connectivity index (χ2v) is 4.63. The van der Waals surface area contributed by atoms with E-state index in [2.05, 4.69) is 0 Å². The Hall–Kier alpha value is -1.56. The second-order valence-electron chi connectivity index (χ2n) is 4.63. The van der Waals surface area contributed by atoms with Crippen LogP contribution in [0.3, 0.4) is 0 Å². The van der Waals surface area contributed by atoms with Gasteiger partial charge in [0.2, 0.25) is 0 Å². The van der Waals surface area contributed by atoms with Crippen molar-refractivity contribution in [3.63, 3.8) is 0 Å². The fraction of sp³-hybridized carbons (Fsp3) is 0.462. The number of halogens is 3. The summed E-state index contributed by atoms with van der Waals surface area (Å²) in [6.45, 7) is 0.878. The van der Waals surface area contributed by atoms with Gasteiger partial charge in [0.25, 0.3) is 5.91 Å². The zero-order valence-electron chi connectivity index (χ0n) is 10.3. The molecule has 2 rings (SSSR count). The maximum atomic E-state index is 13.1. The first kappa shape index (κ1) is 13.9. The van der Waals surface area contributed by atoms with Gasteiger partial charge in [-0.15, -0.1) is 0 Å². The van der Waals surface area contributed by atoms with Gasteiger partial charge < -0.3 is 10.6 Å². The fourth-order valence-electron chi connectivity index (χ4n) is 1.94. The lowest BCUT2D eigenvalue weighted by atomic mass is 10.1. The molecule has 6 heteroatoms. The molecule has 2 N–H and O–H groups in total. The van der Waals surface area contributed by atoms with Crippen molar-refractivity contribution >= 4 is 5.91 Å². The fourth-order valence-corrected chi connectivity index (χ4v) is 1.94. The zero-order chi connectivity index (χ0) is 14.0. The number of amides is 1. The van der Waals surface area contributed by atoms with Crippen molar-refractivity contribution in [2.75, 3.05) is 13.1 Å². The molecule has 1 saturated carbocycles. The van der Waals surface area contributed by atoms with E-state index in [1.54, 1.807) is 4.90 Å². The van der Waals surface area contributed by atoms with Gasteiger partial charge in [0.05, 0.1) is 0 Å². The molecule has 0 spiro atoms. The first-order chi connectivity index (χ1) is 9.04. The number of rotatable bonds is 5. The van der Waals surface area contributed by atoms with E-state index in [4.69, 9.17) is 5.73 Å². The predicted molar refractivity (Wildman–Crippen MR) is 64.0 cm³/mol. The normalized spacial score (nSPS) is 14.5. The van der Waals surface area contributed by atoms with Crippen LogP contribution in [0.4, 0.5) is 13.2 Å². The third kappa shape index (κ3) is 3.07. The molecule has 1 aromatic carbocycles. The molecule has 3 nitrogen and oxygen atoms in total. The zero-order valence-corrected chi connectivity index (χ0v) is 10.3. The Balaban J connectivity index is 2.21. The van der Waals surface area contributed by atoms with Crippen molar-refractivity contribution in [1.82, 2.24) is 4.90 Å². The summed E-state index contributed by atoms with van der Waals surface area (Å²) >= 11 is 0. The van der Waals surface area contributed by atoms with Crippen molar-refractivity contribution in [2.45, 2.75) is 25.3 Å². The molecule has 0 heterocycles. The summed E-state index contributed by atoms with van der Waals surface area (Å²) in [6, 6.07) is 1.58. The van der Waals surface area contributed by atoms with Crippen LogP contribution in [-0.2, 0) is 0 Å². The van der Waals surface area contributed by atoms with Crippen LogP contribution in [0.5, 0.6) is 0 Å². The van der Waals surface area contributed by atoms with Crippen LogP contribution in [-0.4, -0.2) is 29.9 Å². The van der Waals surface area contributed by atoms with Gasteiger partial charge in [-0.05, 0) is 37.9 Å². The van der Waals surface area contributed by atoms with Gasteiger partial charge in [0, 0.05) is 18.2 Å². The highest BCUT2D eigenvalue weighted by molar-refractivity contribution is 5.94. The average Bonchev–Trinajstić information content (AvgIpc) is 3.20. The van der Waals surface area contributed by atoms with Crippen LogP contribution in [0.1, 0.15) is 29.6 Å². The van der Waals surface area contributed by atoms with Gasteiger partial charge in [0.15, 0.2) is 17.5 Å². The summed E-state index contributed by atoms with van der Waals surface area (Å²) in [5, 5.41) is 0. The molecular formula is C13H15F3N2O. The third-order valence-corrected chi connectivity index (χ3v) is 3.08. The standard InChI is InChI=1S/C13H15F3N2O/c14-10-6-8(7-11(15)12(10)16)13(19)18(5-1-4-17)9-2-3-9/h6-7,9H,1-5,17H2. The first-order valence-electron chi connectivity index (χ1n) is 6.20. The van der Waals surface area contributed by atoms with Gasteiger partial charge in [-0.2, -0.15) is 0 Å². The van der Waals surface area contributed by atoms with Gasteiger partial charge in [-0.3, -0.25) is 4.79 Å². The van der Waals surface area contributed by atoms with E-state index < -0.39 is 23.4 Å². The van der Waals surface area contributed by atoms with Crippen LogP contribution in [0.15, 0.2) is 12.1 Å². The lowest BCUT2D eigenvalue weighted by Gasteiger charge is -2.22. The minimum atomic E-state index is -1.56. The molecule has 1 aromatic rings. The van der Waals surface area contributed by atoms with Gasteiger partial charge in [-0.25, -0.2) is 13.2 Å². The molecule has 0 aliphatic heterocycles. The quantitative estimate of drug-likeness (QED) is 0.834. The molecule has 0 aromatic heterocycles. The predicted octanol–water partition coefficient (Wildman–Crippen LogP) is 2.06. The monoisotopic (exact) mass is 272 g/mol. The van der Waals surface area contributed by atoms with E-state index in [0.717, 1.165) is 25.0 Å². The third-order valence-electron chi connectivity index (χ3n) is 3.08. The molecule has 1 aliphatic carbocycles. The Labute approximate surface area is 109 Å². The van der Waals surface area contributed by atoms with Gasteiger partial charge in [-0.1, -0.05) is 0 Å². The van der Waals surface area contributed by atoms with E-state index in [1.807, 2.05) is 0 Å². The molecule has 1 amide bonds. The molecule has 104 valence electrons. The van der Waals surface area contributed by atoms with Crippen LogP contribution >= 0.6 is 0 Å². The maximum Gasteiger partial charge on any atom is 0.254 e. The van der Waals surface area contributed by atoms with Crippen molar-refractivity contribution in [1.29, 1.82) is 0 Å². The Bertz CT molecular complexity index is 466. The van der Waals surface area contributed by atoms with Crippen LogP contribution in [0, 0.1) is 17.5 Å². The summed E-state index contributed by atoms with van der Waals surface area (Å²) in [6.07, 6.45) is 2.37. The highest BCUT2D eigenvalue weighted by Crippen LogP contribution is 2.28. The van der Waals surface area contributed by atoms with E-state index in [0.29, 0.717) is 19.5 Å². The molecular weight excluding hydrogens is 257 g/mol. The van der Waals surface area contributed by atoms with E-state index in [9.17, 15) is 18.0 Å². The highest BCUT2D eigenvalue weighted by atomic mass is 19.2. The first-order valence-corrected chi connectivity index (χ1v) is 6.20. The average molecular weight is 272 g/mol. The molecule has 1 fully saturated rings. The number of hydrogen-bond donors (Lipinski definition) is 1. The molecule has 0 radical (unpaired) electrons. The largest absolute Gasteiger partial charge is 0.336 e. The van der Waals surface area contributed by atoms with Crippen LogP contribution in [0.2, 0.25) is 0 Å². The lowest BCUT2D eigenvalue weighted by Crippen LogP contribution is -2.35. The summed E-state index contributed by atoms with van der Waals surface area (Å²) in [7, 11) is 0. The summed E-state index contributed by atoms with van der Waals surface area (Å²) in [4.78, 5) is 13.7. The van der Waals surface area contributed by atoms with Gasteiger partial charge >= 0.3 is 0 Å². The Kier molecular flexibility index (Phi) is 4.09. The van der Waals surface area contributed by atoms with E-state index >= 15 is 0 Å². The number of nitrogens with two attached hydrogens (primary N) is 1. The molecule has 0 atom stereocenters. The lowest BCUT2D eigenvalue weighted by molar-refractivity contribution is 0.0741.